The second-order valence-corrected chi connectivity index (χ2v) is 11.7. The predicted molar refractivity (Wildman–Crippen MR) is 149 cm³/mol. The van der Waals surface area contributed by atoms with Crippen LogP contribution in [0.4, 0.5) is 10.6 Å². The van der Waals surface area contributed by atoms with Gasteiger partial charge >= 0.3 is 6.09 Å². The number of rotatable bonds is 8. The van der Waals surface area contributed by atoms with Crippen LogP contribution in [0.15, 0.2) is 18.2 Å². The van der Waals surface area contributed by atoms with Crippen LogP contribution in [0.3, 0.4) is 0 Å². The Bertz CT molecular complexity index is 1240. The summed E-state index contributed by atoms with van der Waals surface area (Å²) in [5.74, 6) is 3.38. The lowest BCUT2D eigenvalue weighted by atomic mass is 9.94. The summed E-state index contributed by atoms with van der Waals surface area (Å²) in [5.41, 5.74) is 8.62. The van der Waals surface area contributed by atoms with Gasteiger partial charge in [0.15, 0.2) is 5.82 Å². The first-order valence-electron chi connectivity index (χ1n) is 13.7. The van der Waals surface area contributed by atoms with Gasteiger partial charge in [-0.2, -0.15) is 0 Å². The SMILES string of the molecule is CCCc1nc2c(N)nc3cc(OCCC4CCN(C(=O)OC(C)(C)C)CC4)ccc3c2n1CC(C)C. The van der Waals surface area contributed by atoms with Crippen LogP contribution in [0.1, 0.15) is 73.1 Å². The molecule has 3 heterocycles. The number of nitrogens with two attached hydrogens (primary N) is 1. The second-order valence-electron chi connectivity index (χ2n) is 11.7. The first kappa shape index (κ1) is 27.0. The zero-order valence-electron chi connectivity index (χ0n) is 23.3. The van der Waals surface area contributed by atoms with Crippen molar-refractivity contribution >= 4 is 33.8 Å². The fourth-order valence-corrected chi connectivity index (χ4v) is 5.08. The van der Waals surface area contributed by atoms with Crippen molar-refractivity contribution < 1.29 is 14.3 Å². The molecule has 8 heteroatoms. The van der Waals surface area contributed by atoms with Gasteiger partial charge in [-0.15, -0.1) is 0 Å². The summed E-state index contributed by atoms with van der Waals surface area (Å²) in [6.07, 6.45) is 4.63. The number of anilines is 1. The molecule has 1 saturated heterocycles. The molecule has 1 aliphatic rings. The lowest BCUT2D eigenvalue weighted by molar-refractivity contribution is 0.0177. The molecule has 0 radical (unpaired) electrons. The maximum Gasteiger partial charge on any atom is 0.410 e. The molecule has 3 aromatic rings. The van der Waals surface area contributed by atoms with Crippen LogP contribution >= 0.6 is 0 Å². The molecule has 0 unspecified atom stereocenters. The van der Waals surface area contributed by atoms with Crippen LogP contribution < -0.4 is 10.5 Å². The lowest BCUT2D eigenvalue weighted by Crippen LogP contribution is -2.41. The summed E-state index contributed by atoms with van der Waals surface area (Å²) in [4.78, 5) is 23.7. The standard InChI is InChI=1S/C29H43N5O3/c1-7-8-24-32-25-26(34(24)18-19(2)3)22-10-9-21(17-23(22)31-27(25)30)36-16-13-20-11-14-33(15-12-20)28(35)37-29(4,5)6/h9-10,17,19-20H,7-8,11-16,18H2,1-6H3,(H2,30,31). The summed E-state index contributed by atoms with van der Waals surface area (Å²) in [7, 11) is 0. The van der Waals surface area contributed by atoms with Gasteiger partial charge in [0.1, 0.15) is 22.7 Å². The Morgan fingerprint density at radius 2 is 1.92 bits per heavy atom. The summed E-state index contributed by atoms with van der Waals surface area (Å²) >= 11 is 0. The average molecular weight is 510 g/mol. The monoisotopic (exact) mass is 509 g/mol. The fraction of sp³-hybridized carbons (Fsp3) is 0.621. The van der Waals surface area contributed by atoms with E-state index in [0.717, 1.165) is 85.2 Å². The summed E-state index contributed by atoms with van der Waals surface area (Å²) in [6.45, 7) is 15.3. The number of aromatic nitrogens is 3. The molecular formula is C29H43N5O3. The number of imidazole rings is 1. The zero-order valence-corrected chi connectivity index (χ0v) is 23.3. The Labute approximate surface area is 220 Å². The number of carbonyl (C=O) groups is 1. The highest BCUT2D eigenvalue weighted by atomic mass is 16.6. The minimum atomic E-state index is -0.460. The smallest absolute Gasteiger partial charge is 0.410 e. The first-order chi connectivity index (χ1) is 17.6. The molecule has 4 rings (SSSR count). The number of fused-ring (bicyclic) bond motifs is 3. The van der Waals surface area contributed by atoms with Gasteiger partial charge in [0.2, 0.25) is 0 Å². The Hall–Kier alpha value is -3.03. The van der Waals surface area contributed by atoms with Crippen molar-refractivity contribution in [3.05, 3.63) is 24.0 Å². The number of nitrogens with zero attached hydrogens (tertiary/aromatic N) is 4. The molecule has 0 spiro atoms. The minimum absolute atomic E-state index is 0.212. The van der Waals surface area contributed by atoms with E-state index in [1.54, 1.807) is 0 Å². The Kier molecular flexibility index (Phi) is 8.14. The van der Waals surface area contributed by atoms with Gasteiger partial charge in [-0.05, 0) is 70.4 Å². The molecule has 1 aromatic carbocycles. The number of carbonyl (C=O) groups excluding carboxylic acids is 1. The van der Waals surface area contributed by atoms with Crippen LogP contribution in [0.5, 0.6) is 5.75 Å². The average Bonchev–Trinajstić information content (AvgIpc) is 3.17. The van der Waals surface area contributed by atoms with Crippen molar-refractivity contribution in [3.63, 3.8) is 0 Å². The number of aryl methyl sites for hydroxylation is 1. The number of ether oxygens (including phenoxy) is 2. The Morgan fingerprint density at radius 1 is 1.19 bits per heavy atom. The third kappa shape index (κ3) is 6.46. The van der Waals surface area contributed by atoms with Gasteiger partial charge in [0.05, 0.1) is 17.6 Å². The third-order valence-corrected chi connectivity index (χ3v) is 6.84. The number of pyridine rings is 1. The van der Waals surface area contributed by atoms with Crippen molar-refractivity contribution in [1.82, 2.24) is 19.4 Å². The molecule has 2 aromatic heterocycles. The largest absolute Gasteiger partial charge is 0.494 e. The lowest BCUT2D eigenvalue weighted by Gasteiger charge is -2.33. The molecule has 1 amide bonds. The molecule has 2 N–H and O–H groups in total. The van der Waals surface area contributed by atoms with Crippen molar-refractivity contribution in [1.29, 1.82) is 0 Å². The van der Waals surface area contributed by atoms with Gasteiger partial charge in [-0.25, -0.2) is 14.8 Å². The van der Waals surface area contributed by atoms with E-state index in [1.165, 1.54) is 0 Å². The highest BCUT2D eigenvalue weighted by Gasteiger charge is 2.27. The minimum Gasteiger partial charge on any atom is -0.494 e. The number of hydrogen-bond donors (Lipinski definition) is 1. The first-order valence-corrected chi connectivity index (χ1v) is 13.7. The van der Waals surface area contributed by atoms with Crippen LogP contribution in [0.25, 0.3) is 21.9 Å². The predicted octanol–water partition coefficient (Wildman–Crippen LogP) is 6.19. The molecule has 8 nitrogen and oxygen atoms in total. The van der Waals surface area contributed by atoms with Crippen LogP contribution in [0, 0.1) is 11.8 Å². The maximum absolute atomic E-state index is 12.3. The van der Waals surface area contributed by atoms with Crippen LogP contribution in [-0.4, -0.2) is 50.8 Å². The van der Waals surface area contributed by atoms with E-state index in [4.69, 9.17) is 20.2 Å². The molecule has 1 aliphatic heterocycles. The number of hydrogen-bond acceptors (Lipinski definition) is 6. The summed E-state index contributed by atoms with van der Waals surface area (Å²) in [6, 6.07) is 6.10. The van der Waals surface area contributed by atoms with Crippen molar-refractivity contribution in [2.75, 3.05) is 25.4 Å². The number of piperidine rings is 1. The highest BCUT2D eigenvalue weighted by Crippen LogP contribution is 2.32. The van der Waals surface area contributed by atoms with E-state index < -0.39 is 5.60 Å². The van der Waals surface area contributed by atoms with Crippen molar-refractivity contribution in [3.8, 4) is 5.75 Å². The Morgan fingerprint density at radius 3 is 2.57 bits per heavy atom. The van der Waals surface area contributed by atoms with E-state index in [-0.39, 0.29) is 6.09 Å². The van der Waals surface area contributed by atoms with E-state index in [1.807, 2.05) is 37.8 Å². The molecule has 202 valence electrons. The number of benzene rings is 1. The van der Waals surface area contributed by atoms with Gasteiger partial charge in [-0.3, -0.25) is 0 Å². The Balaban J connectivity index is 1.42. The zero-order chi connectivity index (χ0) is 26.7. The number of amides is 1. The van der Waals surface area contributed by atoms with Gasteiger partial charge in [0.25, 0.3) is 0 Å². The van der Waals surface area contributed by atoms with E-state index in [9.17, 15) is 4.79 Å². The van der Waals surface area contributed by atoms with Gasteiger partial charge in [-0.1, -0.05) is 20.8 Å². The fourth-order valence-electron chi connectivity index (χ4n) is 5.08. The summed E-state index contributed by atoms with van der Waals surface area (Å²) in [5, 5.41) is 1.06. The normalized spacial score (nSPS) is 15.2. The van der Waals surface area contributed by atoms with E-state index >= 15 is 0 Å². The molecule has 0 saturated carbocycles. The topological polar surface area (TPSA) is 95.5 Å². The molecule has 0 aliphatic carbocycles. The van der Waals surface area contributed by atoms with E-state index in [0.29, 0.717) is 24.3 Å². The highest BCUT2D eigenvalue weighted by molar-refractivity contribution is 6.06. The molecule has 1 fully saturated rings. The van der Waals surface area contributed by atoms with E-state index in [2.05, 4.69) is 36.4 Å². The second kappa shape index (κ2) is 11.2. The quantitative estimate of drug-likeness (QED) is 0.389. The molecular weight excluding hydrogens is 466 g/mol. The van der Waals surface area contributed by atoms with Gasteiger partial charge < -0.3 is 24.7 Å². The van der Waals surface area contributed by atoms with Crippen molar-refractivity contribution in [2.24, 2.45) is 11.8 Å². The maximum atomic E-state index is 12.3. The number of likely N-dealkylation sites (tertiary alicyclic amines) is 1. The molecule has 0 bridgehead atoms. The van der Waals surface area contributed by atoms with Crippen molar-refractivity contribution in [2.45, 2.75) is 85.8 Å². The van der Waals surface area contributed by atoms with Crippen LogP contribution in [0.2, 0.25) is 0 Å². The van der Waals surface area contributed by atoms with Gasteiger partial charge in [0, 0.05) is 37.5 Å². The number of nitrogen functional groups attached to an aromatic ring is 1. The third-order valence-electron chi connectivity index (χ3n) is 6.84. The summed E-state index contributed by atoms with van der Waals surface area (Å²) < 4.78 is 14.0. The molecule has 0 atom stereocenters. The molecule has 37 heavy (non-hydrogen) atoms. The van der Waals surface area contributed by atoms with Crippen LogP contribution in [-0.2, 0) is 17.7 Å².